The average Bonchev–Trinajstić information content (AvgIpc) is 2.40. The van der Waals surface area contributed by atoms with Crippen LogP contribution in [0.5, 0.6) is 0 Å². The maximum absolute atomic E-state index is 13.0. The SMILES string of the molecule is C=C1CN2CC(F)C[C@@]2(CO)C1. The van der Waals surface area contributed by atoms with Crippen molar-refractivity contribution in [2.45, 2.75) is 24.6 Å². The number of hydrogen-bond acceptors (Lipinski definition) is 2. The standard InChI is InChI=1S/C9H14FNO/c1-7-2-9(6-12)3-8(10)5-11(9)4-7/h8,12H,1-6H2/t8?,9-/m1/s1. The van der Waals surface area contributed by atoms with Crippen LogP contribution in [0.2, 0.25) is 0 Å². The van der Waals surface area contributed by atoms with Gasteiger partial charge in [0.2, 0.25) is 0 Å². The van der Waals surface area contributed by atoms with Crippen LogP contribution in [0.4, 0.5) is 4.39 Å². The summed E-state index contributed by atoms with van der Waals surface area (Å²) in [6, 6.07) is 0. The highest BCUT2D eigenvalue weighted by Crippen LogP contribution is 2.41. The zero-order valence-corrected chi connectivity index (χ0v) is 7.09. The van der Waals surface area contributed by atoms with E-state index in [0.717, 1.165) is 18.5 Å². The van der Waals surface area contributed by atoms with Gasteiger partial charge in [0.25, 0.3) is 0 Å². The van der Waals surface area contributed by atoms with Gasteiger partial charge in [-0.25, -0.2) is 4.39 Å². The van der Waals surface area contributed by atoms with Crippen molar-refractivity contribution in [3.63, 3.8) is 0 Å². The monoisotopic (exact) mass is 171 g/mol. The molecule has 2 aliphatic heterocycles. The maximum atomic E-state index is 13.0. The van der Waals surface area contributed by atoms with Crippen molar-refractivity contribution < 1.29 is 9.50 Å². The van der Waals surface area contributed by atoms with Crippen molar-refractivity contribution in [2.75, 3.05) is 19.7 Å². The maximum Gasteiger partial charge on any atom is 0.115 e. The Morgan fingerprint density at radius 1 is 1.75 bits per heavy atom. The van der Waals surface area contributed by atoms with Gasteiger partial charge in [0.15, 0.2) is 0 Å². The molecule has 0 aromatic carbocycles. The second kappa shape index (κ2) is 2.54. The number of nitrogens with zero attached hydrogens (tertiary/aromatic N) is 1. The molecule has 2 rings (SSSR count). The third-order valence-electron chi connectivity index (χ3n) is 2.98. The first-order chi connectivity index (χ1) is 5.66. The molecule has 1 N–H and O–H groups in total. The smallest absolute Gasteiger partial charge is 0.115 e. The number of aliphatic hydroxyl groups is 1. The molecule has 68 valence electrons. The first-order valence-electron chi connectivity index (χ1n) is 4.33. The number of alkyl halides is 1. The lowest BCUT2D eigenvalue weighted by molar-refractivity contribution is 0.0997. The van der Waals surface area contributed by atoms with Crippen LogP contribution < -0.4 is 0 Å². The lowest BCUT2D eigenvalue weighted by atomic mass is 9.93. The zero-order valence-electron chi connectivity index (χ0n) is 7.09. The average molecular weight is 171 g/mol. The van der Waals surface area contributed by atoms with Gasteiger partial charge in [-0.2, -0.15) is 0 Å². The highest BCUT2D eigenvalue weighted by atomic mass is 19.1. The van der Waals surface area contributed by atoms with Gasteiger partial charge in [-0.05, 0) is 6.42 Å². The van der Waals surface area contributed by atoms with Gasteiger partial charge in [0, 0.05) is 19.5 Å². The van der Waals surface area contributed by atoms with E-state index in [9.17, 15) is 9.50 Å². The van der Waals surface area contributed by atoms with Crippen LogP contribution in [-0.4, -0.2) is 41.4 Å². The van der Waals surface area contributed by atoms with Gasteiger partial charge in [-0.1, -0.05) is 12.2 Å². The van der Waals surface area contributed by atoms with Crippen LogP contribution in [0, 0.1) is 0 Å². The van der Waals surface area contributed by atoms with E-state index >= 15 is 0 Å². The van der Waals surface area contributed by atoms with Crippen molar-refractivity contribution in [2.24, 2.45) is 0 Å². The molecule has 1 unspecified atom stereocenters. The molecular formula is C9H14FNO. The van der Waals surface area contributed by atoms with Crippen molar-refractivity contribution in [3.8, 4) is 0 Å². The molecule has 0 spiro atoms. The number of aliphatic hydroxyl groups excluding tert-OH is 1. The van der Waals surface area contributed by atoms with E-state index in [-0.39, 0.29) is 12.1 Å². The van der Waals surface area contributed by atoms with E-state index in [2.05, 4.69) is 6.58 Å². The first-order valence-corrected chi connectivity index (χ1v) is 4.33. The summed E-state index contributed by atoms with van der Waals surface area (Å²) in [7, 11) is 0. The lowest BCUT2D eigenvalue weighted by Gasteiger charge is -2.28. The number of rotatable bonds is 1. The molecule has 0 aromatic heterocycles. The van der Waals surface area contributed by atoms with E-state index in [1.807, 2.05) is 4.90 Å². The second-order valence-corrected chi connectivity index (χ2v) is 3.99. The van der Waals surface area contributed by atoms with Crippen LogP contribution in [0.25, 0.3) is 0 Å². The summed E-state index contributed by atoms with van der Waals surface area (Å²) in [5.74, 6) is 0. The van der Waals surface area contributed by atoms with E-state index in [1.54, 1.807) is 0 Å². The zero-order chi connectivity index (χ0) is 8.77. The minimum Gasteiger partial charge on any atom is -0.394 e. The van der Waals surface area contributed by atoms with Crippen molar-refractivity contribution in [1.29, 1.82) is 0 Å². The Balaban J connectivity index is 2.21. The van der Waals surface area contributed by atoms with Crippen LogP contribution in [-0.2, 0) is 0 Å². The lowest BCUT2D eigenvalue weighted by Crippen LogP contribution is -2.41. The van der Waals surface area contributed by atoms with Crippen molar-refractivity contribution >= 4 is 0 Å². The molecule has 0 saturated carbocycles. The Kier molecular flexibility index (Phi) is 1.73. The van der Waals surface area contributed by atoms with Gasteiger partial charge in [0.05, 0.1) is 12.1 Å². The van der Waals surface area contributed by atoms with E-state index < -0.39 is 6.17 Å². The van der Waals surface area contributed by atoms with Gasteiger partial charge in [-0.15, -0.1) is 0 Å². The third kappa shape index (κ3) is 1.00. The Labute approximate surface area is 71.7 Å². The van der Waals surface area contributed by atoms with E-state index in [0.29, 0.717) is 13.0 Å². The Hall–Kier alpha value is -0.410. The predicted molar refractivity (Wildman–Crippen MR) is 44.7 cm³/mol. The van der Waals surface area contributed by atoms with Crippen molar-refractivity contribution in [3.05, 3.63) is 12.2 Å². The molecule has 0 aliphatic carbocycles. The highest BCUT2D eigenvalue weighted by Gasteiger charge is 2.49. The van der Waals surface area contributed by atoms with Crippen LogP contribution in [0.15, 0.2) is 12.2 Å². The molecule has 2 heterocycles. The molecule has 2 atom stereocenters. The largest absolute Gasteiger partial charge is 0.394 e. The highest BCUT2D eigenvalue weighted by molar-refractivity contribution is 5.18. The topological polar surface area (TPSA) is 23.5 Å². The Morgan fingerprint density at radius 2 is 2.50 bits per heavy atom. The summed E-state index contributed by atoms with van der Waals surface area (Å²) in [5.41, 5.74) is 0.826. The first kappa shape index (κ1) is 8.20. The molecule has 3 heteroatoms. The quantitative estimate of drug-likeness (QED) is 0.588. The number of fused-ring (bicyclic) bond motifs is 1. The molecule has 0 aromatic rings. The van der Waals surface area contributed by atoms with Gasteiger partial charge in [0.1, 0.15) is 6.17 Å². The molecule has 2 nitrogen and oxygen atoms in total. The summed E-state index contributed by atoms with van der Waals surface area (Å²) in [6.07, 6.45) is 0.483. The Morgan fingerprint density at radius 3 is 3.08 bits per heavy atom. The minimum atomic E-state index is -0.759. The van der Waals surface area contributed by atoms with Crippen LogP contribution in [0.3, 0.4) is 0 Å². The number of halogens is 1. The summed E-state index contributed by atoms with van der Waals surface area (Å²) < 4.78 is 13.0. The van der Waals surface area contributed by atoms with Crippen LogP contribution >= 0.6 is 0 Å². The molecule has 12 heavy (non-hydrogen) atoms. The third-order valence-corrected chi connectivity index (χ3v) is 2.98. The summed E-state index contributed by atoms with van der Waals surface area (Å²) >= 11 is 0. The number of hydrogen-bond donors (Lipinski definition) is 1. The Bertz CT molecular complexity index is 219. The van der Waals surface area contributed by atoms with Gasteiger partial charge >= 0.3 is 0 Å². The van der Waals surface area contributed by atoms with Crippen molar-refractivity contribution in [1.82, 2.24) is 4.90 Å². The van der Waals surface area contributed by atoms with E-state index in [4.69, 9.17) is 0 Å². The molecular weight excluding hydrogens is 157 g/mol. The normalized spacial score (nSPS) is 42.2. The van der Waals surface area contributed by atoms with Gasteiger partial charge in [-0.3, -0.25) is 4.90 Å². The fourth-order valence-corrected chi connectivity index (χ4v) is 2.47. The van der Waals surface area contributed by atoms with E-state index in [1.165, 1.54) is 0 Å². The molecule has 0 amide bonds. The molecule has 2 aliphatic rings. The molecule has 2 saturated heterocycles. The molecule has 0 bridgehead atoms. The summed E-state index contributed by atoms with van der Waals surface area (Å²) in [4.78, 5) is 2.03. The summed E-state index contributed by atoms with van der Waals surface area (Å²) in [5, 5.41) is 9.21. The van der Waals surface area contributed by atoms with Crippen LogP contribution in [0.1, 0.15) is 12.8 Å². The molecule has 2 fully saturated rings. The summed E-state index contributed by atoms with van der Waals surface area (Å²) in [6.45, 7) is 5.18. The second-order valence-electron chi connectivity index (χ2n) is 3.99. The minimum absolute atomic E-state index is 0.0619. The molecule has 0 radical (unpaired) electrons. The predicted octanol–water partition coefficient (Wildman–Crippen LogP) is 0.721. The fraction of sp³-hybridized carbons (Fsp3) is 0.778. The van der Waals surface area contributed by atoms with Gasteiger partial charge < -0.3 is 5.11 Å². The fourth-order valence-electron chi connectivity index (χ4n) is 2.47.